The summed E-state index contributed by atoms with van der Waals surface area (Å²) in [6.07, 6.45) is 5.09. The van der Waals surface area contributed by atoms with Gasteiger partial charge < -0.3 is 15.3 Å². The smallest absolute Gasteiger partial charge is 0.337 e. The highest BCUT2D eigenvalue weighted by molar-refractivity contribution is 6.00. The Bertz CT molecular complexity index is 517. The van der Waals surface area contributed by atoms with Crippen LogP contribution in [-0.4, -0.2) is 35.6 Å². The second-order valence-electron chi connectivity index (χ2n) is 3.84. The molecule has 0 aromatic heterocycles. The first-order valence-corrected chi connectivity index (χ1v) is 5.25. The van der Waals surface area contributed by atoms with Crippen molar-refractivity contribution in [2.75, 3.05) is 18.9 Å². The van der Waals surface area contributed by atoms with E-state index in [2.05, 4.69) is 11.2 Å². The number of hydrogen-bond acceptors (Lipinski definition) is 2. The van der Waals surface area contributed by atoms with Crippen LogP contribution in [0.5, 0.6) is 0 Å². The molecule has 94 valence electrons. The van der Waals surface area contributed by atoms with Crippen LogP contribution in [0.1, 0.15) is 15.9 Å². The number of carbonyl (C=O) groups excluding carboxylic acids is 1. The van der Waals surface area contributed by atoms with Gasteiger partial charge in [-0.3, -0.25) is 0 Å². The van der Waals surface area contributed by atoms with E-state index in [0.29, 0.717) is 0 Å². The number of carboxylic acid groups (broad SMARTS) is 1. The van der Waals surface area contributed by atoms with Crippen LogP contribution in [-0.2, 0) is 0 Å². The summed E-state index contributed by atoms with van der Waals surface area (Å²) in [5.41, 5.74) is 1.11. The van der Waals surface area contributed by atoms with Gasteiger partial charge in [-0.15, -0.1) is 6.42 Å². The molecule has 0 heterocycles. The summed E-state index contributed by atoms with van der Waals surface area (Å²) in [6, 6.07) is 4.34. The van der Waals surface area contributed by atoms with Crippen molar-refractivity contribution < 1.29 is 14.7 Å². The van der Waals surface area contributed by atoms with Crippen molar-refractivity contribution in [2.24, 2.45) is 0 Å². The predicted octanol–water partition coefficient (Wildman–Crippen LogP) is 1.79. The summed E-state index contributed by atoms with van der Waals surface area (Å²) in [5.74, 6) is 1.24. The van der Waals surface area contributed by atoms with E-state index in [0.717, 1.165) is 5.56 Å². The molecule has 1 aromatic carbocycles. The van der Waals surface area contributed by atoms with Crippen LogP contribution in [0.4, 0.5) is 10.5 Å². The number of nitrogens with one attached hydrogen (secondary N) is 1. The zero-order chi connectivity index (χ0) is 13.7. The van der Waals surface area contributed by atoms with Crippen LogP contribution in [0.3, 0.4) is 0 Å². The summed E-state index contributed by atoms with van der Waals surface area (Å²) < 4.78 is 0. The zero-order valence-corrected chi connectivity index (χ0v) is 10.2. The molecular weight excluding hydrogens is 232 g/mol. The Labute approximate surface area is 105 Å². The van der Waals surface area contributed by atoms with Crippen LogP contribution in [0.2, 0.25) is 0 Å². The van der Waals surface area contributed by atoms with E-state index < -0.39 is 12.0 Å². The summed E-state index contributed by atoms with van der Waals surface area (Å²) in [4.78, 5) is 24.0. The lowest BCUT2D eigenvalue weighted by Crippen LogP contribution is -2.32. The Balaban J connectivity index is 2.95. The Morgan fingerprint density at radius 3 is 2.72 bits per heavy atom. The Hall–Kier alpha value is -2.48. The number of urea groups is 1. The Morgan fingerprint density at radius 1 is 1.50 bits per heavy atom. The first kappa shape index (κ1) is 13.6. The number of benzene rings is 1. The number of nitrogens with zero attached hydrogens (tertiary/aromatic N) is 1. The number of hydrogen-bond donors (Lipinski definition) is 2. The van der Waals surface area contributed by atoms with Gasteiger partial charge in [0.15, 0.2) is 0 Å². The summed E-state index contributed by atoms with van der Waals surface area (Å²) in [5, 5.41) is 11.6. The lowest BCUT2D eigenvalue weighted by atomic mass is 10.1. The van der Waals surface area contributed by atoms with Gasteiger partial charge in [0.25, 0.3) is 0 Å². The molecule has 0 fully saturated rings. The van der Waals surface area contributed by atoms with E-state index >= 15 is 0 Å². The molecular formula is C13H14N2O3. The quantitative estimate of drug-likeness (QED) is 0.799. The van der Waals surface area contributed by atoms with Crippen molar-refractivity contribution in [3.8, 4) is 12.3 Å². The second kappa shape index (κ2) is 5.73. The number of terminal acetylenes is 1. The normalized spacial score (nSPS) is 9.39. The first-order valence-electron chi connectivity index (χ1n) is 5.25. The maximum absolute atomic E-state index is 11.7. The van der Waals surface area contributed by atoms with Gasteiger partial charge >= 0.3 is 12.0 Å². The average molecular weight is 246 g/mol. The largest absolute Gasteiger partial charge is 0.478 e. The fourth-order valence-corrected chi connectivity index (χ4v) is 1.36. The zero-order valence-electron chi connectivity index (χ0n) is 10.2. The van der Waals surface area contributed by atoms with Gasteiger partial charge in [-0.05, 0) is 19.1 Å². The molecule has 0 atom stereocenters. The van der Waals surface area contributed by atoms with Crippen molar-refractivity contribution >= 4 is 17.7 Å². The monoisotopic (exact) mass is 246 g/mol. The SMILES string of the molecule is C#CCN(C)C(=O)Nc1ccc(C)cc1C(=O)O. The van der Waals surface area contributed by atoms with E-state index in [9.17, 15) is 9.59 Å². The summed E-state index contributed by atoms with van der Waals surface area (Å²) >= 11 is 0. The molecule has 0 aliphatic carbocycles. The molecule has 0 unspecified atom stereocenters. The molecule has 1 rings (SSSR count). The van der Waals surface area contributed by atoms with E-state index in [1.54, 1.807) is 19.1 Å². The number of rotatable bonds is 3. The number of anilines is 1. The highest BCUT2D eigenvalue weighted by Crippen LogP contribution is 2.17. The molecule has 2 N–H and O–H groups in total. The third-order valence-electron chi connectivity index (χ3n) is 2.32. The van der Waals surface area contributed by atoms with Crippen molar-refractivity contribution in [3.05, 3.63) is 29.3 Å². The minimum atomic E-state index is -1.09. The molecule has 1 aromatic rings. The molecule has 0 radical (unpaired) electrons. The van der Waals surface area contributed by atoms with Gasteiger partial charge in [-0.2, -0.15) is 0 Å². The highest BCUT2D eigenvalue weighted by Gasteiger charge is 2.14. The lowest BCUT2D eigenvalue weighted by Gasteiger charge is -2.16. The molecule has 0 aliphatic rings. The number of aryl methyl sites for hydroxylation is 1. The molecule has 5 nitrogen and oxygen atoms in total. The third-order valence-corrected chi connectivity index (χ3v) is 2.32. The minimum Gasteiger partial charge on any atom is -0.478 e. The summed E-state index contributed by atoms with van der Waals surface area (Å²) in [6.45, 7) is 1.93. The van der Waals surface area contributed by atoms with E-state index in [4.69, 9.17) is 11.5 Å². The van der Waals surface area contributed by atoms with Crippen LogP contribution >= 0.6 is 0 Å². The topological polar surface area (TPSA) is 69.6 Å². The van der Waals surface area contributed by atoms with Crippen molar-refractivity contribution in [1.29, 1.82) is 0 Å². The maximum Gasteiger partial charge on any atom is 0.337 e. The van der Waals surface area contributed by atoms with Crippen LogP contribution in [0, 0.1) is 19.3 Å². The van der Waals surface area contributed by atoms with Gasteiger partial charge in [0, 0.05) is 7.05 Å². The van der Waals surface area contributed by atoms with Gasteiger partial charge in [0.05, 0.1) is 17.8 Å². The first-order chi connectivity index (χ1) is 8.45. The molecule has 5 heteroatoms. The molecule has 2 amide bonds. The van der Waals surface area contributed by atoms with Gasteiger partial charge in [0.2, 0.25) is 0 Å². The van der Waals surface area contributed by atoms with Crippen molar-refractivity contribution in [2.45, 2.75) is 6.92 Å². The molecule has 0 bridgehead atoms. The molecule has 18 heavy (non-hydrogen) atoms. The number of amides is 2. The van der Waals surface area contributed by atoms with Gasteiger partial charge in [0.1, 0.15) is 0 Å². The number of carboxylic acids is 1. The van der Waals surface area contributed by atoms with E-state index in [1.807, 2.05) is 0 Å². The average Bonchev–Trinajstić information content (AvgIpc) is 2.31. The van der Waals surface area contributed by atoms with Crippen molar-refractivity contribution in [3.63, 3.8) is 0 Å². The Morgan fingerprint density at radius 2 is 2.17 bits per heavy atom. The van der Waals surface area contributed by atoms with Gasteiger partial charge in [-0.1, -0.05) is 17.6 Å². The fraction of sp³-hybridized carbons (Fsp3) is 0.231. The maximum atomic E-state index is 11.7. The molecule has 0 saturated carbocycles. The van der Waals surface area contributed by atoms with E-state index in [-0.39, 0.29) is 17.8 Å². The lowest BCUT2D eigenvalue weighted by molar-refractivity contribution is 0.0698. The minimum absolute atomic E-state index is 0.0532. The summed E-state index contributed by atoms with van der Waals surface area (Å²) in [7, 11) is 1.53. The third kappa shape index (κ3) is 3.25. The highest BCUT2D eigenvalue weighted by atomic mass is 16.4. The van der Waals surface area contributed by atoms with E-state index in [1.165, 1.54) is 18.0 Å². The Kier molecular flexibility index (Phi) is 4.33. The fourth-order valence-electron chi connectivity index (χ4n) is 1.36. The standard InChI is InChI=1S/C13H14N2O3/c1-4-7-15(3)13(18)14-11-6-5-9(2)8-10(11)12(16)17/h1,5-6,8H,7H2,2-3H3,(H,14,18)(H,16,17). The van der Waals surface area contributed by atoms with Crippen LogP contribution in [0.15, 0.2) is 18.2 Å². The predicted molar refractivity (Wildman–Crippen MR) is 68.6 cm³/mol. The molecule has 0 aliphatic heterocycles. The van der Waals surface area contributed by atoms with Gasteiger partial charge in [-0.25, -0.2) is 9.59 Å². The number of carbonyl (C=O) groups is 2. The number of aromatic carboxylic acids is 1. The molecule has 0 saturated heterocycles. The second-order valence-corrected chi connectivity index (χ2v) is 3.84. The van der Waals surface area contributed by atoms with Crippen LogP contribution in [0.25, 0.3) is 0 Å². The van der Waals surface area contributed by atoms with Crippen LogP contribution < -0.4 is 5.32 Å². The molecule has 0 spiro atoms. The van der Waals surface area contributed by atoms with Crippen molar-refractivity contribution in [1.82, 2.24) is 4.90 Å².